The molecule has 1 aliphatic rings. The number of aliphatic hydroxyl groups is 1. The molecule has 1 fully saturated rings. The van der Waals surface area contributed by atoms with Gasteiger partial charge in [-0.25, -0.2) is 18.0 Å². The highest BCUT2D eigenvalue weighted by molar-refractivity contribution is 5.89. The molecule has 4 aromatic rings. The van der Waals surface area contributed by atoms with Crippen molar-refractivity contribution < 1.29 is 18.6 Å². The van der Waals surface area contributed by atoms with E-state index in [9.17, 15) is 13.9 Å². The molecule has 1 saturated carbocycles. The molecule has 0 spiro atoms. The van der Waals surface area contributed by atoms with Gasteiger partial charge in [0.05, 0.1) is 18.2 Å². The topological polar surface area (TPSA) is 102 Å². The van der Waals surface area contributed by atoms with Crippen molar-refractivity contribution in [3.8, 4) is 17.0 Å². The van der Waals surface area contributed by atoms with Gasteiger partial charge in [-0.2, -0.15) is 4.98 Å². The van der Waals surface area contributed by atoms with Gasteiger partial charge in [-0.05, 0) is 55.9 Å². The molecule has 0 aliphatic heterocycles. The minimum absolute atomic E-state index is 0.175. The molecule has 0 atom stereocenters. The maximum absolute atomic E-state index is 12.9. The van der Waals surface area contributed by atoms with Gasteiger partial charge in [-0.1, -0.05) is 18.2 Å². The predicted octanol–water partition coefficient (Wildman–Crippen LogP) is 3.91. The molecule has 2 N–H and O–H groups in total. The summed E-state index contributed by atoms with van der Waals surface area (Å²) in [5, 5.41) is 26.3. The number of benzene rings is 1. The first-order valence-electron chi connectivity index (χ1n) is 11.4. The van der Waals surface area contributed by atoms with E-state index in [0.29, 0.717) is 28.4 Å². The number of fused-ring (bicyclic) bond motifs is 2. The Bertz CT molecular complexity index is 1310. The number of nitrogens with one attached hydrogen (secondary N) is 1. The molecule has 180 valence electrons. The lowest BCUT2D eigenvalue weighted by molar-refractivity contribution is -0.00199. The minimum atomic E-state index is -2.52. The first-order chi connectivity index (χ1) is 16.4. The number of alkyl halides is 2. The molecular weight excluding hydrogens is 444 g/mol. The molecule has 5 rings (SSSR count). The predicted molar refractivity (Wildman–Crippen MR) is 123 cm³/mol. The van der Waals surface area contributed by atoms with Crippen LogP contribution in [-0.4, -0.2) is 59.9 Å². The zero-order valence-electron chi connectivity index (χ0n) is 19.1. The number of hydrogen-bond donors (Lipinski definition) is 2. The second kappa shape index (κ2) is 8.79. The van der Waals surface area contributed by atoms with Gasteiger partial charge in [0.2, 0.25) is 11.8 Å². The van der Waals surface area contributed by atoms with Crippen LogP contribution in [0.15, 0.2) is 30.5 Å². The van der Waals surface area contributed by atoms with Crippen LogP contribution in [0.25, 0.3) is 27.7 Å². The van der Waals surface area contributed by atoms with E-state index in [1.165, 1.54) is 4.68 Å². The largest absolute Gasteiger partial charge is 0.479 e. The van der Waals surface area contributed by atoms with Gasteiger partial charge in [-0.3, -0.25) is 0 Å². The van der Waals surface area contributed by atoms with Gasteiger partial charge < -0.3 is 15.2 Å². The summed E-state index contributed by atoms with van der Waals surface area (Å²) in [7, 11) is 1.55. The Morgan fingerprint density at radius 3 is 2.76 bits per heavy atom. The van der Waals surface area contributed by atoms with Crippen LogP contribution in [-0.2, 0) is 6.54 Å². The number of ether oxygens (including phenoxy) is 1. The van der Waals surface area contributed by atoms with Crippen molar-refractivity contribution in [3.63, 3.8) is 0 Å². The highest BCUT2D eigenvalue weighted by Gasteiger charge is 2.32. The van der Waals surface area contributed by atoms with E-state index in [2.05, 4.69) is 25.7 Å². The van der Waals surface area contributed by atoms with Crippen molar-refractivity contribution >= 4 is 22.5 Å². The Morgan fingerprint density at radius 1 is 1.26 bits per heavy atom. The summed E-state index contributed by atoms with van der Waals surface area (Å²) in [5.41, 5.74) is 2.77. The Labute approximate surface area is 194 Å². The number of nitrogens with zero attached hydrogens (tertiary/aromatic N) is 6. The molecule has 3 aromatic heterocycles. The maximum Gasteiger partial charge on any atom is 0.258 e. The lowest BCUT2D eigenvalue weighted by atomic mass is 9.80. The van der Waals surface area contributed by atoms with Crippen LogP contribution in [0.2, 0.25) is 0 Å². The van der Waals surface area contributed by atoms with Crippen molar-refractivity contribution in [2.75, 3.05) is 12.4 Å². The quantitative estimate of drug-likeness (QED) is 0.421. The average molecular weight is 472 g/mol. The fourth-order valence-corrected chi connectivity index (χ4v) is 4.66. The van der Waals surface area contributed by atoms with Gasteiger partial charge in [0.1, 0.15) is 17.6 Å². The van der Waals surface area contributed by atoms with Gasteiger partial charge in [0.15, 0.2) is 0 Å². The standard InChI is InChI=1S/C23H27F2N7O2/c1-3-23(33)9-6-15(7-10-23)26-22-27-21(34-2)20-16(8-11-31(20)29-22)14-4-5-17-18(12-14)32(30-28-17)13-19(24)25/h4-5,8,11-12,15,19,33H,3,6-7,9-10,13H2,1-2H3,(H,26,29). The average Bonchev–Trinajstić information content (AvgIpc) is 3.44. The monoisotopic (exact) mass is 471 g/mol. The molecule has 9 nitrogen and oxygen atoms in total. The number of rotatable bonds is 7. The smallest absolute Gasteiger partial charge is 0.258 e. The van der Waals surface area contributed by atoms with Gasteiger partial charge in [-0.15, -0.1) is 10.2 Å². The van der Waals surface area contributed by atoms with Gasteiger partial charge in [0.25, 0.3) is 6.43 Å². The zero-order valence-corrected chi connectivity index (χ0v) is 19.1. The van der Waals surface area contributed by atoms with E-state index in [4.69, 9.17) is 4.74 Å². The molecule has 1 aliphatic carbocycles. The molecule has 1 aromatic carbocycles. The van der Waals surface area contributed by atoms with Crippen molar-refractivity contribution in [2.24, 2.45) is 0 Å². The Morgan fingerprint density at radius 2 is 2.06 bits per heavy atom. The van der Waals surface area contributed by atoms with E-state index in [1.807, 2.05) is 25.3 Å². The number of halogens is 2. The normalized spacial score (nSPS) is 20.9. The van der Waals surface area contributed by atoms with E-state index < -0.39 is 18.6 Å². The second-order valence-corrected chi connectivity index (χ2v) is 8.83. The molecule has 0 radical (unpaired) electrons. The van der Waals surface area contributed by atoms with Crippen molar-refractivity contribution in [2.45, 2.75) is 63.6 Å². The fourth-order valence-electron chi connectivity index (χ4n) is 4.66. The Hall–Kier alpha value is -3.34. The number of hydrogen-bond acceptors (Lipinski definition) is 7. The summed E-state index contributed by atoms with van der Waals surface area (Å²) >= 11 is 0. The summed E-state index contributed by atoms with van der Waals surface area (Å²) < 4.78 is 34.4. The molecule has 0 amide bonds. The number of aromatic nitrogens is 6. The third kappa shape index (κ3) is 4.15. The fraction of sp³-hybridized carbons (Fsp3) is 0.478. The lowest BCUT2D eigenvalue weighted by Gasteiger charge is -2.35. The van der Waals surface area contributed by atoms with Gasteiger partial charge >= 0.3 is 0 Å². The van der Waals surface area contributed by atoms with Crippen LogP contribution in [0.1, 0.15) is 39.0 Å². The Kier molecular flexibility index (Phi) is 5.80. The summed E-state index contributed by atoms with van der Waals surface area (Å²) in [4.78, 5) is 4.58. The molecule has 0 saturated heterocycles. The lowest BCUT2D eigenvalue weighted by Crippen LogP contribution is -2.38. The summed E-state index contributed by atoms with van der Waals surface area (Å²) in [6, 6.07) is 7.47. The Balaban J connectivity index is 1.46. The summed E-state index contributed by atoms with van der Waals surface area (Å²) in [6.45, 7) is 1.49. The molecule has 0 bridgehead atoms. The van der Waals surface area contributed by atoms with Gasteiger partial charge in [0, 0.05) is 17.8 Å². The number of methoxy groups -OCH3 is 1. The van der Waals surface area contributed by atoms with Crippen LogP contribution in [0.3, 0.4) is 0 Å². The van der Waals surface area contributed by atoms with E-state index >= 15 is 0 Å². The molecule has 0 unspecified atom stereocenters. The zero-order chi connectivity index (χ0) is 23.9. The highest BCUT2D eigenvalue weighted by Crippen LogP contribution is 2.34. The first kappa shape index (κ1) is 22.5. The molecule has 34 heavy (non-hydrogen) atoms. The number of anilines is 1. The molecular formula is C23H27F2N7O2. The van der Waals surface area contributed by atoms with Crippen molar-refractivity contribution in [3.05, 3.63) is 30.5 Å². The third-order valence-corrected chi connectivity index (χ3v) is 6.72. The minimum Gasteiger partial charge on any atom is -0.479 e. The maximum atomic E-state index is 12.9. The molecule has 11 heteroatoms. The van der Waals surface area contributed by atoms with E-state index in [1.54, 1.807) is 23.8 Å². The van der Waals surface area contributed by atoms with E-state index in [-0.39, 0.29) is 6.04 Å². The van der Waals surface area contributed by atoms with Crippen LogP contribution in [0.5, 0.6) is 5.88 Å². The van der Waals surface area contributed by atoms with E-state index in [0.717, 1.165) is 43.2 Å². The third-order valence-electron chi connectivity index (χ3n) is 6.72. The summed E-state index contributed by atoms with van der Waals surface area (Å²) in [6.07, 6.45) is 3.21. The summed E-state index contributed by atoms with van der Waals surface area (Å²) in [5.74, 6) is 0.853. The highest BCUT2D eigenvalue weighted by atomic mass is 19.3. The van der Waals surface area contributed by atoms with Crippen LogP contribution in [0.4, 0.5) is 14.7 Å². The van der Waals surface area contributed by atoms with Crippen LogP contribution < -0.4 is 10.1 Å². The van der Waals surface area contributed by atoms with Crippen LogP contribution in [0, 0.1) is 0 Å². The van der Waals surface area contributed by atoms with Crippen molar-refractivity contribution in [1.29, 1.82) is 0 Å². The SMILES string of the molecule is CCC1(O)CCC(Nc2nc(OC)c3c(-c4ccc5nnn(CC(F)F)c5c4)ccn3n2)CC1. The van der Waals surface area contributed by atoms with Crippen molar-refractivity contribution in [1.82, 2.24) is 29.6 Å². The second-order valence-electron chi connectivity index (χ2n) is 8.83. The van der Waals surface area contributed by atoms with Crippen LogP contribution >= 0.6 is 0 Å². The molecule has 3 heterocycles. The first-order valence-corrected chi connectivity index (χ1v) is 11.4.